The summed E-state index contributed by atoms with van der Waals surface area (Å²) >= 11 is 0. The van der Waals surface area contributed by atoms with Gasteiger partial charge in [0.05, 0.1) is 12.5 Å². The number of amides is 1. The molecule has 1 amide bonds. The van der Waals surface area contributed by atoms with E-state index in [0.29, 0.717) is 23.3 Å². The zero-order valence-corrected chi connectivity index (χ0v) is 16.2. The molecular formula is C20H21N5O5. The second-order valence-corrected chi connectivity index (χ2v) is 7.14. The number of aromatic nitrogens is 3. The second kappa shape index (κ2) is 7.54. The number of rotatable bonds is 4. The predicted octanol–water partition coefficient (Wildman–Crippen LogP) is 2.46. The van der Waals surface area contributed by atoms with Gasteiger partial charge in [0.2, 0.25) is 0 Å². The van der Waals surface area contributed by atoms with Gasteiger partial charge in [0.15, 0.2) is 0 Å². The number of nitrogens with zero attached hydrogens (tertiary/aromatic N) is 4. The maximum Gasteiger partial charge on any atom is 0.408 e. The van der Waals surface area contributed by atoms with Crippen LogP contribution >= 0.6 is 0 Å². The molecule has 1 aliphatic rings. The molecule has 3 heterocycles. The molecule has 10 nitrogen and oxygen atoms in total. The first kappa shape index (κ1) is 19.5. The minimum absolute atomic E-state index is 0.120. The summed E-state index contributed by atoms with van der Waals surface area (Å²) in [7, 11) is 1.59. The molecule has 2 atom stereocenters. The number of hydrogen-bond acceptors (Lipinski definition) is 6. The first-order valence-electron chi connectivity index (χ1n) is 9.38. The van der Waals surface area contributed by atoms with Crippen molar-refractivity contribution in [3.63, 3.8) is 0 Å². The largest absolute Gasteiger partial charge is 0.497 e. The highest BCUT2D eigenvalue weighted by molar-refractivity contribution is 6.00. The summed E-state index contributed by atoms with van der Waals surface area (Å²) in [6.07, 6.45) is 2.62. The molecule has 0 bridgehead atoms. The van der Waals surface area contributed by atoms with Crippen LogP contribution in [0.4, 0.5) is 10.6 Å². The van der Waals surface area contributed by atoms with E-state index in [1.165, 1.54) is 6.33 Å². The first-order chi connectivity index (χ1) is 14.4. The summed E-state index contributed by atoms with van der Waals surface area (Å²) < 4.78 is 7.11. The molecule has 2 unspecified atom stereocenters. The molecule has 4 N–H and O–H groups in total. The zero-order chi connectivity index (χ0) is 21.4. The highest BCUT2D eigenvalue weighted by Crippen LogP contribution is 2.38. The van der Waals surface area contributed by atoms with Gasteiger partial charge >= 0.3 is 12.1 Å². The number of carbonyl (C=O) groups is 2. The van der Waals surface area contributed by atoms with Gasteiger partial charge in [-0.2, -0.15) is 0 Å². The standard InChI is InChI=1S/C20H21N5O5/c1-30-13-4-2-11(3-5-13)14-9-25(18-16(14)17(21)22-10-23-18)12-6-7-24(20(28)29)15(8-12)19(26)27/h2-5,9-10,12,15H,6-8H2,1H3,(H,26,27)(H,28,29)(H2,21,22,23). The summed E-state index contributed by atoms with van der Waals surface area (Å²) in [6.45, 7) is 0.120. The van der Waals surface area contributed by atoms with Crippen molar-refractivity contribution >= 4 is 28.9 Å². The van der Waals surface area contributed by atoms with Crippen LogP contribution in [0.2, 0.25) is 0 Å². The Balaban J connectivity index is 1.79. The molecule has 0 radical (unpaired) electrons. The number of carboxylic acids is 1. The lowest BCUT2D eigenvalue weighted by Crippen LogP contribution is -2.49. The van der Waals surface area contributed by atoms with Crippen LogP contribution in [0.15, 0.2) is 36.8 Å². The number of anilines is 1. The molecule has 0 saturated carbocycles. The third-order valence-corrected chi connectivity index (χ3v) is 5.54. The summed E-state index contributed by atoms with van der Waals surface area (Å²) in [5.41, 5.74) is 8.46. The topological polar surface area (TPSA) is 144 Å². The van der Waals surface area contributed by atoms with Crippen LogP contribution in [0.5, 0.6) is 5.75 Å². The summed E-state index contributed by atoms with van der Waals surface area (Å²) in [4.78, 5) is 32.6. The maximum atomic E-state index is 11.7. The van der Waals surface area contributed by atoms with Crippen LogP contribution in [0, 0.1) is 0 Å². The predicted molar refractivity (Wildman–Crippen MR) is 108 cm³/mol. The van der Waals surface area contributed by atoms with Crippen molar-refractivity contribution in [2.45, 2.75) is 24.9 Å². The van der Waals surface area contributed by atoms with E-state index < -0.39 is 18.1 Å². The second-order valence-electron chi connectivity index (χ2n) is 7.14. The fourth-order valence-corrected chi connectivity index (χ4v) is 4.04. The number of carboxylic acid groups (broad SMARTS) is 2. The average molecular weight is 411 g/mol. The van der Waals surface area contributed by atoms with E-state index in [1.807, 2.05) is 35.0 Å². The normalized spacial score (nSPS) is 19.0. The Morgan fingerprint density at radius 1 is 1.20 bits per heavy atom. The Morgan fingerprint density at radius 2 is 1.93 bits per heavy atom. The van der Waals surface area contributed by atoms with Gasteiger partial charge in [0.1, 0.15) is 29.6 Å². The number of likely N-dealkylation sites (tertiary alicyclic amines) is 1. The van der Waals surface area contributed by atoms with E-state index in [1.54, 1.807) is 7.11 Å². The lowest BCUT2D eigenvalue weighted by Gasteiger charge is -2.36. The molecule has 1 aliphatic heterocycles. The van der Waals surface area contributed by atoms with Gasteiger partial charge < -0.3 is 25.3 Å². The van der Waals surface area contributed by atoms with Gasteiger partial charge in [0, 0.05) is 24.3 Å². The zero-order valence-electron chi connectivity index (χ0n) is 16.2. The number of nitrogens with two attached hydrogens (primary N) is 1. The Morgan fingerprint density at radius 3 is 2.57 bits per heavy atom. The van der Waals surface area contributed by atoms with Crippen molar-refractivity contribution in [2.24, 2.45) is 0 Å². The van der Waals surface area contributed by atoms with Crippen LogP contribution < -0.4 is 10.5 Å². The van der Waals surface area contributed by atoms with Gasteiger partial charge in [-0.3, -0.25) is 4.90 Å². The van der Waals surface area contributed by atoms with Crippen molar-refractivity contribution in [2.75, 3.05) is 19.4 Å². The number of nitrogen functional groups attached to an aromatic ring is 1. The van der Waals surface area contributed by atoms with Crippen LogP contribution in [0.25, 0.3) is 22.2 Å². The van der Waals surface area contributed by atoms with E-state index in [0.717, 1.165) is 21.8 Å². The van der Waals surface area contributed by atoms with Gasteiger partial charge in [-0.05, 0) is 30.5 Å². The molecular weight excluding hydrogens is 390 g/mol. The van der Waals surface area contributed by atoms with E-state index in [2.05, 4.69) is 9.97 Å². The summed E-state index contributed by atoms with van der Waals surface area (Å²) in [5, 5.41) is 19.5. The van der Waals surface area contributed by atoms with Crippen molar-refractivity contribution in [3.05, 3.63) is 36.8 Å². The fraction of sp³-hybridized carbons (Fsp3) is 0.300. The van der Waals surface area contributed by atoms with E-state index >= 15 is 0 Å². The van der Waals surface area contributed by atoms with Crippen LogP contribution in [-0.4, -0.2) is 61.4 Å². The minimum atomic E-state index is -1.23. The molecule has 30 heavy (non-hydrogen) atoms. The third-order valence-electron chi connectivity index (χ3n) is 5.54. The lowest BCUT2D eigenvalue weighted by atomic mass is 9.97. The van der Waals surface area contributed by atoms with Crippen molar-refractivity contribution in [3.8, 4) is 16.9 Å². The van der Waals surface area contributed by atoms with E-state index in [4.69, 9.17) is 10.5 Å². The molecule has 156 valence electrons. The number of ether oxygens (including phenoxy) is 1. The van der Waals surface area contributed by atoms with Crippen molar-refractivity contribution in [1.82, 2.24) is 19.4 Å². The fourth-order valence-electron chi connectivity index (χ4n) is 4.04. The Labute approximate surface area is 171 Å². The van der Waals surface area contributed by atoms with Crippen LogP contribution in [-0.2, 0) is 4.79 Å². The number of aliphatic carboxylic acids is 1. The number of piperidine rings is 1. The molecule has 1 fully saturated rings. The SMILES string of the molecule is COc1ccc(-c2cn(C3CCN(C(=O)O)C(C(=O)O)C3)c3ncnc(N)c23)cc1. The average Bonchev–Trinajstić information content (AvgIpc) is 3.14. The minimum Gasteiger partial charge on any atom is -0.497 e. The van der Waals surface area contributed by atoms with Gasteiger partial charge in [-0.1, -0.05) is 12.1 Å². The van der Waals surface area contributed by atoms with Crippen LogP contribution in [0.3, 0.4) is 0 Å². The van der Waals surface area contributed by atoms with Gasteiger partial charge in [0.25, 0.3) is 0 Å². The smallest absolute Gasteiger partial charge is 0.408 e. The Hall–Kier alpha value is -3.82. The van der Waals surface area contributed by atoms with Crippen molar-refractivity contribution < 1.29 is 24.5 Å². The molecule has 1 aromatic carbocycles. The maximum absolute atomic E-state index is 11.7. The molecule has 1 saturated heterocycles. The number of hydrogen-bond donors (Lipinski definition) is 3. The van der Waals surface area contributed by atoms with Gasteiger partial charge in [-0.15, -0.1) is 0 Å². The molecule has 3 aromatic rings. The Bertz CT molecular complexity index is 1110. The quantitative estimate of drug-likeness (QED) is 0.594. The molecule has 2 aromatic heterocycles. The highest BCUT2D eigenvalue weighted by Gasteiger charge is 2.37. The monoisotopic (exact) mass is 411 g/mol. The molecule has 4 rings (SSSR count). The summed E-state index contributed by atoms with van der Waals surface area (Å²) in [6, 6.07) is 6.11. The molecule has 0 spiro atoms. The Kier molecular flexibility index (Phi) is 4.90. The first-order valence-corrected chi connectivity index (χ1v) is 9.38. The number of methoxy groups -OCH3 is 1. The van der Waals surface area contributed by atoms with E-state index in [-0.39, 0.29) is 19.0 Å². The summed E-state index contributed by atoms with van der Waals surface area (Å²) in [5.74, 6) is -0.123. The van der Waals surface area contributed by atoms with E-state index in [9.17, 15) is 19.8 Å². The number of fused-ring (bicyclic) bond motifs is 1. The lowest BCUT2D eigenvalue weighted by molar-refractivity contribution is -0.144. The molecule has 10 heteroatoms. The number of benzene rings is 1. The highest BCUT2D eigenvalue weighted by atomic mass is 16.5. The van der Waals surface area contributed by atoms with Crippen molar-refractivity contribution in [1.29, 1.82) is 0 Å². The third kappa shape index (κ3) is 3.25. The van der Waals surface area contributed by atoms with Gasteiger partial charge in [-0.25, -0.2) is 19.6 Å². The van der Waals surface area contributed by atoms with Crippen LogP contribution in [0.1, 0.15) is 18.9 Å². The molecule has 0 aliphatic carbocycles.